The van der Waals surface area contributed by atoms with Gasteiger partial charge in [0.1, 0.15) is 17.7 Å². The largest absolute Gasteiger partial charge is 0.444 e. The summed E-state index contributed by atoms with van der Waals surface area (Å²) in [6.07, 6.45) is 2.31. The van der Waals surface area contributed by atoms with Crippen molar-refractivity contribution in [2.45, 2.75) is 64.1 Å². The maximum absolute atomic E-state index is 14.2. The lowest BCUT2D eigenvalue weighted by atomic mass is 9.98. The van der Waals surface area contributed by atoms with Gasteiger partial charge >= 0.3 is 6.09 Å². The first-order chi connectivity index (χ1) is 19.0. The summed E-state index contributed by atoms with van der Waals surface area (Å²) in [7, 11) is 3.24. The highest BCUT2D eigenvalue weighted by molar-refractivity contribution is 5.92. The summed E-state index contributed by atoms with van der Waals surface area (Å²) in [5.41, 5.74) is 1.16. The van der Waals surface area contributed by atoms with Crippen molar-refractivity contribution in [2.75, 3.05) is 20.6 Å². The third-order valence-electron chi connectivity index (χ3n) is 7.33. The summed E-state index contributed by atoms with van der Waals surface area (Å²) in [5, 5.41) is 5.21. The smallest absolute Gasteiger partial charge is 0.410 e. The number of nitrogens with zero attached hydrogens (tertiary/aromatic N) is 2. The first-order valence-electron chi connectivity index (χ1n) is 14.0. The average Bonchev–Trinajstić information content (AvgIpc) is 3.76. The summed E-state index contributed by atoms with van der Waals surface area (Å²) >= 11 is 0. The van der Waals surface area contributed by atoms with Gasteiger partial charge in [-0.05, 0) is 61.4 Å². The summed E-state index contributed by atoms with van der Waals surface area (Å²) in [4.78, 5) is 43.7. The number of amides is 3. The Kier molecular flexibility index (Phi) is 9.13. The van der Waals surface area contributed by atoms with Gasteiger partial charge in [-0.15, -0.1) is 0 Å². The quantitative estimate of drug-likeness (QED) is 0.381. The van der Waals surface area contributed by atoms with E-state index in [-0.39, 0.29) is 18.2 Å². The molecule has 40 heavy (non-hydrogen) atoms. The lowest BCUT2D eigenvalue weighted by Crippen LogP contribution is -2.56. The van der Waals surface area contributed by atoms with Crippen LogP contribution in [0.5, 0.6) is 0 Å². The van der Waals surface area contributed by atoms with Crippen molar-refractivity contribution in [2.24, 2.45) is 5.92 Å². The molecule has 0 aromatic heterocycles. The van der Waals surface area contributed by atoms with Crippen molar-refractivity contribution < 1.29 is 19.1 Å². The first-order valence-corrected chi connectivity index (χ1v) is 14.0. The van der Waals surface area contributed by atoms with Crippen LogP contribution >= 0.6 is 0 Å². The standard InChI is InChI=1S/C33H41N3O4/c1-33(2,3)40-32(39)36(5)29(21-25-17-18-26-13-9-10-14-27(26)19-25)31(38)35(4)28(20-23-11-7-6-8-12-23)30(37)34-22-24-15-16-24/h6-14,17-19,24,28-29H,15-16,20-22H2,1-5H3,(H,34,37)/t28-,29-/m1/s1. The topological polar surface area (TPSA) is 79.0 Å². The van der Waals surface area contributed by atoms with Crippen LogP contribution in [0.1, 0.15) is 44.7 Å². The fourth-order valence-electron chi connectivity index (χ4n) is 4.76. The molecular weight excluding hydrogens is 502 g/mol. The zero-order valence-corrected chi connectivity index (χ0v) is 24.2. The predicted octanol–water partition coefficient (Wildman–Crippen LogP) is 5.21. The Hall–Kier alpha value is -3.87. The SMILES string of the molecule is CN(C(=O)OC(C)(C)C)[C@H](Cc1ccc2ccccc2c1)C(=O)N(C)[C@H](Cc1ccccc1)C(=O)NCC1CC1. The summed E-state index contributed by atoms with van der Waals surface area (Å²) in [5.74, 6) is 0.0151. The van der Waals surface area contributed by atoms with E-state index < -0.39 is 23.8 Å². The number of carbonyl (C=O) groups is 3. The molecule has 0 radical (unpaired) electrons. The van der Waals surface area contributed by atoms with Crippen LogP contribution in [-0.4, -0.2) is 66.0 Å². The molecule has 3 aromatic rings. The van der Waals surface area contributed by atoms with Crippen molar-refractivity contribution in [1.82, 2.24) is 15.1 Å². The molecule has 1 aliphatic rings. The van der Waals surface area contributed by atoms with E-state index in [2.05, 4.69) is 5.32 Å². The van der Waals surface area contributed by atoms with E-state index in [1.165, 1.54) is 9.80 Å². The molecule has 0 saturated heterocycles. The number of hydrogen-bond donors (Lipinski definition) is 1. The van der Waals surface area contributed by atoms with Crippen LogP contribution in [0.3, 0.4) is 0 Å². The number of carbonyl (C=O) groups excluding carboxylic acids is 3. The van der Waals surface area contributed by atoms with Gasteiger partial charge < -0.3 is 15.0 Å². The highest BCUT2D eigenvalue weighted by Crippen LogP contribution is 2.28. The lowest BCUT2D eigenvalue weighted by molar-refractivity contribution is -0.142. The highest BCUT2D eigenvalue weighted by Gasteiger charge is 2.37. The Morgan fingerprint density at radius 1 is 0.825 bits per heavy atom. The molecule has 0 spiro atoms. The Bertz CT molecular complexity index is 1330. The molecular formula is C33H41N3O4. The van der Waals surface area contributed by atoms with Gasteiger partial charge in [0.15, 0.2) is 0 Å². The van der Waals surface area contributed by atoms with Gasteiger partial charge in [0.05, 0.1) is 0 Å². The van der Waals surface area contributed by atoms with Gasteiger partial charge in [0.25, 0.3) is 0 Å². The second-order valence-corrected chi connectivity index (χ2v) is 11.8. The zero-order chi connectivity index (χ0) is 28.9. The normalized spacial score (nSPS) is 14.7. The number of fused-ring (bicyclic) bond motifs is 1. The van der Waals surface area contributed by atoms with Crippen LogP contribution in [0.4, 0.5) is 4.79 Å². The molecule has 0 aliphatic heterocycles. The Labute approximate surface area is 237 Å². The van der Waals surface area contributed by atoms with Crippen molar-refractivity contribution in [3.8, 4) is 0 Å². The Morgan fingerprint density at radius 2 is 1.45 bits per heavy atom. The highest BCUT2D eigenvalue weighted by atomic mass is 16.6. The monoisotopic (exact) mass is 543 g/mol. The maximum Gasteiger partial charge on any atom is 0.410 e. The van der Waals surface area contributed by atoms with Crippen molar-refractivity contribution in [3.05, 3.63) is 83.9 Å². The van der Waals surface area contributed by atoms with Gasteiger partial charge in [-0.25, -0.2) is 4.79 Å². The van der Waals surface area contributed by atoms with E-state index in [4.69, 9.17) is 4.74 Å². The van der Waals surface area contributed by atoms with E-state index in [1.54, 1.807) is 34.9 Å². The molecule has 7 nitrogen and oxygen atoms in total. The molecule has 2 atom stereocenters. The minimum Gasteiger partial charge on any atom is -0.444 e. The van der Waals surface area contributed by atoms with E-state index >= 15 is 0 Å². The van der Waals surface area contributed by atoms with Gasteiger partial charge in [-0.3, -0.25) is 14.5 Å². The molecule has 0 bridgehead atoms. The minimum atomic E-state index is -0.865. The molecule has 3 amide bonds. The number of rotatable bonds is 10. The van der Waals surface area contributed by atoms with E-state index in [0.29, 0.717) is 18.9 Å². The van der Waals surface area contributed by atoms with Crippen molar-refractivity contribution in [1.29, 1.82) is 0 Å². The number of likely N-dealkylation sites (N-methyl/N-ethyl adjacent to an activating group) is 2. The van der Waals surface area contributed by atoms with Crippen LogP contribution in [0.25, 0.3) is 10.8 Å². The van der Waals surface area contributed by atoms with Crippen molar-refractivity contribution in [3.63, 3.8) is 0 Å². The van der Waals surface area contributed by atoms with Gasteiger partial charge in [0, 0.05) is 33.5 Å². The maximum atomic E-state index is 14.2. The van der Waals surface area contributed by atoms with Crippen LogP contribution in [0.2, 0.25) is 0 Å². The number of benzene rings is 3. The van der Waals surface area contributed by atoms with E-state index in [1.807, 2.05) is 72.8 Å². The molecule has 7 heteroatoms. The molecule has 0 unspecified atom stereocenters. The van der Waals surface area contributed by atoms with Crippen LogP contribution in [-0.2, 0) is 27.2 Å². The summed E-state index contributed by atoms with van der Waals surface area (Å²) in [6.45, 7) is 6.01. The van der Waals surface area contributed by atoms with Gasteiger partial charge in [-0.1, -0.05) is 72.8 Å². The zero-order valence-electron chi connectivity index (χ0n) is 24.2. The fraction of sp³-hybridized carbons (Fsp3) is 0.424. The van der Waals surface area contributed by atoms with Crippen LogP contribution in [0.15, 0.2) is 72.8 Å². The summed E-state index contributed by atoms with van der Waals surface area (Å²) < 4.78 is 5.63. The Morgan fingerprint density at radius 3 is 2.10 bits per heavy atom. The molecule has 212 valence electrons. The van der Waals surface area contributed by atoms with E-state index in [0.717, 1.165) is 34.7 Å². The number of ether oxygens (including phenoxy) is 1. The third-order valence-corrected chi connectivity index (χ3v) is 7.33. The molecule has 1 fully saturated rings. The molecule has 4 rings (SSSR count). The second-order valence-electron chi connectivity index (χ2n) is 11.8. The van der Waals surface area contributed by atoms with Gasteiger partial charge in [-0.2, -0.15) is 0 Å². The number of hydrogen-bond acceptors (Lipinski definition) is 4. The third kappa shape index (κ3) is 7.84. The molecule has 1 aliphatic carbocycles. The van der Waals surface area contributed by atoms with Crippen molar-refractivity contribution >= 4 is 28.7 Å². The molecule has 0 heterocycles. The average molecular weight is 544 g/mol. The van der Waals surface area contributed by atoms with E-state index in [9.17, 15) is 14.4 Å². The predicted molar refractivity (Wildman–Crippen MR) is 158 cm³/mol. The fourth-order valence-corrected chi connectivity index (χ4v) is 4.76. The van der Waals surface area contributed by atoms with Crippen LogP contribution in [0, 0.1) is 5.92 Å². The Balaban J connectivity index is 1.63. The minimum absolute atomic E-state index is 0.184. The van der Waals surface area contributed by atoms with Crippen LogP contribution < -0.4 is 5.32 Å². The summed E-state index contributed by atoms with van der Waals surface area (Å²) in [6, 6.07) is 22.2. The molecule has 1 N–H and O–H groups in total. The molecule has 3 aromatic carbocycles. The first kappa shape index (κ1) is 29.1. The second kappa shape index (κ2) is 12.5. The lowest BCUT2D eigenvalue weighted by Gasteiger charge is -2.35. The molecule has 1 saturated carbocycles. The van der Waals surface area contributed by atoms with Gasteiger partial charge in [0.2, 0.25) is 11.8 Å². The number of nitrogens with one attached hydrogen (secondary N) is 1.